The number of anilines is 2. The Morgan fingerprint density at radius 1 is 0.865 bits per heavy atom. The topological polar surface area (TPSA) is 23.5 Å². The van der Waals surface area contributed by atoms with E-state index in [1.165, 1.54) is 35.9 Å². The average molecular weight is 516 g/mol. The number of rotatable bonds is 5. The van der Waals surface area contributed by atoms with Crippen molar-refractivity contribution in [2.75, 3.05) is 11.4 Å². The van der Waals surface area contributed by atoms with Crippen LogP contribution in [-0.2, 0) is 5.75 Å². The van der Waals surface area contributed by atoms with E-state index >= 15 is 4.39 Å². The van der Waals surface area contributed by atoms with Crippen LogP contribution in [0.5, 0.6) is 5.75 Å². The van der Waals surface area contributed by atoms with Gasteiger partial charge in [-0.3, -0.25) is 0 Å². The normalized spacial score (nSPS) is 13.6. The van der Waals surface area contributed by atoms with E-state index < -0.39 is 11.6 Å². The van der Waals surface area contributed by atoms with Crippen LogP contribution in [-0.4, -0.2) is 11.7 Å². The molecule has 0 fully saturated rings. The Hall–Kier alpha value is -3.57. The van der Waals surface area contributed by atoms with E-state index in [0.29, 0.717) is 17.8 Å². The van der Waals surface area contributed by atoms with E-state index in [-0.39, 0.29) is 11.3 Å². The van der Waals surface area contributed by atoms with Gasteiger partial charge in [0, 0.05) is 34.5 Å². The number of hydrogen-bond acceptors (Lipinski definition) is 3. The van der Waals surface area contributed by atoms with Crippen LogP contribution in [0.25, 0.3) is 17.2 Å². The van der Waals surface area contributed by atoms with E-state index in [4.69, 9.17) is 0 Å². The largest absolute Gasteiger partial charge is 0.506 e. The molecule has 0 spiro atoms. The predicted octanol–water partition coefficient (Wildman–Crippen LogP) is 9.60. The Morgan fingerprint density at radius 3 is 2.46 bits per heavy atom. The van der Waals surface area contributed by atoms with Crippen molar-refractivity contribution in [2.24, 2.45) is 0 Å². The van der Waals surface area contributed by atoms with Gasteiger partial charge in [0.2, 0.25) is 0 Å². The SMILES string of the molecule is CC.Oc1cc(-c2cccc(F)c2)c(F)cc1N1CCC/C=C\c2cc(SCc3ccccc3)ccc21. The number of phenolic OH excluding ortho intramolecular Hbond substituents is 1. The van der Waals surface area contributed by atoms with Crippen LogP contribution in [0.3, 0.4) is 0 Å². The summed E-state index contributed by atoms with van der Waals surface area (Å²) < 4.78 is 28.9. The quantitative estimate of drug-likeness (QED) is 0.268. The van der Waals surface area contributed by atoms with Crippen LogP contribution in [0.15, 0.2) is 95.9 Å². The highest BCUT2D eigenvalue weighted by molar-refractivity contribution is 7.98. The van der Waals surface area contributed by atoms with Gasteiger partial charge in [-0.1, -0.05) is 68.5 Å². The molecule has 190 valence electrons. The van der Waals surface area contributed by atoms with Crippen LogP contribution in [0.4, 0.5) is 20.2 Å². The molecule has 4 aromatic carbocycles. The van der Waals surface area contributed by atoms with Crippen molar-refractivity contribution in [2.45, 2.75) is 37.3 Å². The first-order valence-electron chi connectivity index (χ1n) is 12.6. The zero-order valence-corrected chi connectivity index (χ0v) is 21.9. The number of benzene rings is 4. The summed E-state index contributed by atoms with van der Waals surface area (Å²) in [5.74, 6) is -0.113. The molecule has 2 nitrogen and oxygen atoms in total. The Kier molecular flexibility index (Phi) is 9.02. The highest BCUT2D eigenvalue weighted by Crippen LogP contribution is 2.41. The zero-order chi connectivity index (χ0) is 26.2. The molecule has 37 heavy (non-hydrogen) atoms. The molecule has 0 saturated heterocycles. The van der Waals surface area contributed by atoms with Crippen molar-refractivity contribution in [1.29, 1.82) is 0 Å². The Labute approximate surface area is 222 Å². The maximum Gasteiger partial charge on any atom is 0.140 e. The minimum atomic E-state index is -0.502. The van der Waals surface area contributed by atoms with Gasteiger partial charge in [-0.15, -0.1) is 11.8 Å². The summed E-state index contributed by atoms with van der Waals surface area (Å²) in [5, 5.41) is 10.9. The highest BCUT2D eigenvalue weighted by Gasteiger charge is 2.20. The standard InChI is InChI=1S/C30H25F2NOS.C2H6/c31-24-12-7-11-22(16-24)26-18-30(34)29(19-27(26)32)33-15-6-2-5-10-23-17-25(13-14-28(23)33)35-20-21-8-3-1-4-9-21;1-2/h1,3-5,7-14,16-19,34H,2,6,15,20H2;1-2H3/b10-5-;. The lowest BCUT2D eigenvalue weighted by Gasteiger charge is -2.29. The number of fused-ring (bicyclic) bond motifs is 1. The van der Waals surface area contributed by atoms with Gasteiger partial charge in [0.15, 0.2) is 0 Å². The Bertz CT molecular complexity index is 1370. The summed E-state index contributed by atoms with van der Waals surface area (Å²) in [6, 6.07) is 25.1. The molecule has 1 heterocycles. The van der Waals surface area contributed by atoms with E-state index in [1.54, 1.807) is 17.8 Å². The van der Waals surface area contributed by atoms with Crippen molar-refractivity contribution in [1.82, 2.24) is 0 Å². The number of allylic oxidation sites excluding steroid dienone is 1. The minimum Gasteiger partial charge on any atom is -0.506 e. The van der Waals surface area contributed by atoms with Gasteiger partial charge in [0.25, 0.3) is 0 Å². The van der Waals surface area contributed by atoms with Crippen LogP contribution in [0, 0.1) is 11.6 Å². The Morgan fingerprint density at radius 2 is 1.68 bits per heavy atom. The molecule has 0 aromatic heterocycles. The number of halogens is 2. The van der Waals surface area contributed by atoms with Gasteiger partial charge >= 0.3 is 0 Å². The highest BCUT2D eigenvalue weighted by atomic mass is 32.2. The molecule has 1 aliphatic heterocycles. The molecule has 1 aliphatic rings. The first-order valence-corrected chi connectivity index (χ1v) is 13.6. The van der Waals surface area contributed by atoms with E-state index in [0.717, 1.165) is 34.7 Å². The molecule has 4 aromatic rings. The van der Waals surface area contributed by atoms with Crippen LogP contribution in [0.1, 0.15) is 37.8 Å². The van der Waals surface area contributed by atoms with Gasteiger partial charge in [-0.25, -0.2) is 8.78 Å². The summed E-state index contributed by atoms with van der Waals surface area (Å²) in [4.78, 5) is 3.12. The lowest BCUT2D eigenvalue weighted by atomic mass is 10.0. The molecule has 0 aliphatic carbocycles. The fourth-order valence-electron chi connectivity index (χ4n) is 4.34. The molecule has 0 unspecified atom stereocenters. The molecule has 0 atom stereocenters. The van der Waals surface area contributed by atoms with Gasteiger partial charge in [0.1, 0.15) is 17.4 Å². The fourth-order valence-corrected chi connectivity index (χ4v) is 5.24. The van der Waals surface area contributed by atoms with Crippen molar-refractivity contribution < 1.29 is 13.9 Å². The smallest absolute Gasteiger partial charge is 0.140 e. The second-order valence-electron chi connectivity index (χ2n) is 8.52. The minimum absolute atomic E-state index is 0.0382. The number of nitrogens with zero attached hydrogens (tertiary/aromatic N) is 1. The zero-order valence-electron chi connectivity index (χ0n) is 21.1. The number of phenols is 1. The van der Waals surface area contributed by atoms with Crippen LogP contribution < -0.4 is 4.90 Å². The van der Waals surface area contributed by atoms with Crippen LogP contribution in [0.2, 0.25) is 0 Å². The van der Waals surface area contributed by atoms with Crippen molar-refractivity contribution in [3.63, 3.8) is 0 Å². The molecule has 0 saturated carbocycles. The number of aromatic hydroxyl groups is 1. The maximum atomic E-state index is 15.2. The van der Waals surface area contributed by atoms with Crippen LogP contribution >= 0.6 is 11.8 Å². The average Bonchev–Trinajstić information content (AvgIpc) is 2.91. The molecule has 1 N–H and O–H groups in total. The number of thioether (sulfide) groups is 1. The third-order valence-corrected chi connectivity index (χ3v) is 7.14. The monoisotopic (exact) mass is 515 g/mol. The molecule has 0 amide bonds. The summed E-state index contributed by atoms with van der Waals surface area (Å²) >= 11 is 1.77. The fraction of sp³-hybridized carbons (Fsp3) is 0.188. The molecule has 5 rings (SSSR count). The van der Waals surface area contributed by atoms with Gasteiger partial charge in [-0.2, -0.15) is 0 Å². The summed E-state index contributed by atoms with van der Waals surface area (Å²) in [5.41, 5.74) is 4.17. The molecule has 0 bridgehead atoms. The predicted molar refractivity (Wildman–Crippen MR) is 153 cm³/mol. The van der Waals surface area contributed by atoms with E-state index in [2.05, 4.69) is 36.4 Å². The van der Waals surface area contributed by atoms with Crippen molar-refractivity contribution in [3.8, 4) is 16.9 Å². The molecular formula is C32H31F2NOS. The molecule has 0 radical (unpaired) electrons. The second kappa shape index (κ2) is 12.6. The lowest BCUT2D eigenvalue weighted by Crippen LogP contribution is -2.20. The van der Waals surface area contributed by atoms with Crippen molar-refractivity contribution in [3.05, 3.63) is 114 Å². The maximum absolute atomic E-state index is 15.2. The second-order valence-corrected chi connectivity index (χ2v) is 9.57. The van der Waals surface area contributed by atoms with E-state index in [9.17, 15) is 9.50 Å². The lowest BCUT2D eigenvalue weighted by molar-refractivity contribution is 0.473. The summed E-state index contributed by atoms with van der Waals surface area (Å²) in [6.07, 6.45) is 6.02. The van der Waals surface area contributed by atoms with Gasteiger partial charge in [-0.05, 0) is 65.9 Å². The Balaban J connectivity index is 0.00000156. The molecular weight excluding hydrogens is 484 g/mol. The van der Waals surface area contributed by atoms with Crippen molar-refractivity contribution >= 4 is 29.2 Å². The first-order chi connectivity index (χ1) is 18.1. The first kappa shape index (κ1) is 26.5. The third kappa shape index (κ3) is 6.41. The van der Waals surface area contributed by atoms with Gasteiger partial charge < -0.3 is 10.0 Å². The van der Waals surface area contributed by atoms with E-state index in [1.807, 2.05) is 43.0 Å². The summed E-state index contributed by atoms with van der Waals surface area (Å²) in [7, 11) is 0. The number of hydrogen-bond donors (Lipinski definition) is 1. The van der Waals surface area contributed by atoms with Gasteiger partial charge in [0.05, 0.1) is 5.69 Å². The third-order valence-electron chi connectivity index (χ3n) is 6.08. The molecule has 5 heteroatoms. The summed E-state index contributed by atoms with van der Waals surface area (Å²) in [6.45, 7) is 4.64.